The molecule has 0 aromatic carbocycles. The summed E-state index contributed by atoms with van der Waals surface area (Å²) in [4.78, 5) is 4.99. The van der Waals surface area contributed by atoms with Gasteiger partial charge in [-0.15, -0.1) is 0 Å². The first kappa shape index (κ1) is 17.9. The Balaban J connectivity index is 0.000000182. The minimum atomic E-state index is 0.689. The minimum absolute atomic E-state index is 0.689. The molecule has 0 saturated carbocycles. The van der Waals surface area contributed by atoms with Crippen molar-refractivity contribution in [2.45, 2.75) is 52.1 Å². The Bertz CT molecular complexity index is 201. The number of nitrogens with one attached hydrogen (secondary N) is 2. The zero-order valence-corrected chi connectivity index (χ0v) is 14.1. The van der Waals surface area contributed by atoms with Crippen molar-refractivity contribution < 1.29 is 0 Å². The van der Waals surface area contributed by atoms with E-state index >= 15 is 0 Å². The van der Waals surface area contributed by atoms with Gasteiger partial charge in [-0.05, 0) is 33.4 Å². The van der Waals surface area contributed by atoms with E-state index in [0.717, 1.165) is 12.6 Å². The molecule has 4 heteroatoms. The molecule has 3 aliphatic heterocycles. The van der Waals surface area contributed by atoms with Crippen molar-refractivity contribution in [1.82, 2.24) is 20.4 Å². The fourth-order valence-corrected chi connectivity index (χ4v) is 3.20. The van der Waals surface area contributed by atoms with E-state index in [4.69, 9.17) is 0 Å². The quantitative estimate of drug-likeness (QED) is 0.703. The molecule has 20 heavy (non-hydrogen) atoms. The molecule has 2 unspecified atom stereocenters. The normalized spacial score (nSPS) is 31.2. The van der Waals surface area contributed by atoms with Gasteiger partial charge < -0.3 is 15.5 Å². The van der Waals surface area contributed by atoms with Crippen LogP contribution in [0, 0.1) is 0 Å². The number of likely N-dealkylation sites (N-methyl/N-ethyl adjacent to an activating group) is 1. The summed E-state index contributed by atoms with van der Waals surface area (Å²) in [5.41, 5.74) is 0. The number of piperazine rings is 2. The van der Waals surface area contributed by atoms with Crippen LogP contribution in [0.15, 0.2) is 0 Å². The van der Waals surface area contributed by atoms with Gasteiger partial charge in [0.25, 0.3) is 0 Å². The molecule has 120 valence electrons. The summed E-state index contributed by atoms with van der Waals surface area (Å²) >= 11 is 0. The molecule has 3 saturated heterocycles. The van der Waals surface area contributed by atoms with Crippen LogP contribution in [0.25, 0.3) is 0 Å². The van der Waals surface area contributed by atoms with Crippen molar-refractivity contribution in [1.29, 1.82) is 0 Å². The van der Waals surface area contributed by atoms with Crippen LogP contribution in [-0.4, -0.2) is 74.7 Å². The van der Waals surface area contributed by atoms with Crippen molar-refractivity contribution in [3.63, 3.8) is 0 Å². The molecule has 0 amide bonds. The molecule has 3 heterocycles. The lowest BCUT2D eigenvalue weighted by Crippen LogP contribution is -2.53. The largest absolute Gasteiger partial charge is 0.314 e. The molecule has 0 aromatic heterocycles. The van der Waals surface area contributed by atoms with E-state index in [1.807, 2.05) is 13.8 Å². The first-order valence-corrected chi connectivity index (χ1v) is 8.62. The predicted molar refractivity (Wildman–Crippen MR) is 88.4 cm³/mol. The maximum Gasteiger partial charge on any atom is 0.0221 e. The summed E-state index contributed by atoms with van der Waals surface area (Å²) in [7, 11) is 2.16. The van der Waals surface area contributed by atoms with Crippen LogP contribution >= 0.6 is 0 Å². The number of rotatable bonds is 0. The molecule has 3 aliphatic rings. The lowest BCUT2D eigenvalue weighted by Gasteiger charge is -2.39. The van der Waals surface area contributed by atoms with Crippen molar-refractivity contribution in [3.8, 4) is 0 Å². The first-order valence-electron chi connectivity index (χ1n) is 8.62. The van der Waals surface area contributed by atoms with Gasteiger partial charge in [0.05, 0.1) is 0 Å². The second-order valence-electron chi connectivity index (χ2n) is 6.01. The molecular weight excluding hydrogens is 248 g/mol. The minimum Gasteiger partial charge on any atom is -0.314 e. The van der Waals surface area contributed by atoms with Crippen molar-refractivity contribution in [3.05, 3.63) is 0 Å². The van der Waals surface area contributed by atoms with Gasteiger partial charge in [-0.1, -0.05) is 20.3 Å². The predicted octanol–water partition coefficient (Wildman–Crippen LogP) is 1.38. The van der Waals surface area contributed by atoms with Gasteiger partial charge in [-0.25, -0.2) is 0 Å². The summed E-state index contributed by atoms with van der Waals surface area (Å²) < 4.78 is 0. The SMILES string of the molecule is C1CCN2CCNCC2C1.CC.CC1CN(C)CCN1. The van der Waals surface area contributed by atoms with E-state index in [1.54, 1.807) is 0 Å². The Hall–Kier alpha value is -0.160. The summed E-state index contributed by atoms with van der Waals surface area (Å²) in [5, 5.41) is 6.81. The number of nitrogens with zero attached hydrogens (tertiary/aromatic N) is 2. The molecular formula is C16H36N4. The first-order chi connectivity index (χ1) is 9.75. The molecule has 2 N–H and O–H groups in total. The van der Waals surface area contributed by atoms with Crippen LogP contribution in [0.3, 0.4) is 0 Å². The van der Waals surface area contributed by atoms with E-state index in [0.29, 0.717) is 6.04 Å². The maximum atomic E-state index is 3.44. The Morgan fingerprint density at radius 3 is 2.40 bits per heavy atom. The van der Waals surface area contributed by atoms with Gasteiger partial charge in [-0.2, -0.15) is 0 Å². The van der Waals surface area contributed by atoms with Gasteiger partial charge in [0.1, 0.15) is 0 Å². The van der Waals surface area contributed by atoms with Crippen LogP contribution in [0.5, 0.6) is 0 Å². The third kappa shape index (κ3) is 6.53. The van der Waals surface area contributed by atoms with Crippen LogP contribution < -0.4 is 10.6 Å². The van der Waals surface area contributed by atoms with E-state index in [-0.39, 0.29) is 0 Å². The Kier molecular flexibility index (Phi) is 9.44. The second-order valence-corrected chi connectivity index (χ2v) is 6.01. The fourth-order valence-electron chi connectivity index (χ4n) is 3.20. The van der Waals surface area contributed by atoms with Crippen LogP contribution in [0.4, 0.5) is 0 Å². The van der Waals surface area contributed by atoms with Gasteiger partial charge in [-0.3, -0.25) is 4.90 Å². The lowest BCUT2D eigenvalue weighted by atomic mass is 10.0. The van der Waals surface area contributed by atoms with Crippen molar-refractivity contribution in [2.24, 2.45) is 0 Å². The van der Waals surface area contributed by atoms with E-state index < -0.39 is 0 Å². The number of hydrogen-bond donors (Lipinski definition) is 2. The van der Waals surface area contributed by atoms with E-state index in [2.05, 4.69) is 34.4 Å². The van der Waals surface area contributed by atoms with E-state index in [9.17, 15) is 0 Å². The number of piperidine rings is 1. The molecule has 3 fully saturated rings. The zero-order chi connectivity index (χ0) is 14.8. The van der Waals surface area contributed by atoms with Gasteiger partial charge in [0.2, 0.25) is 0 Å². The Morgan fingerprint density at radius 1 is 1.00 bits per heavy atom. The fraction of sp³-hybridized carbons (Fsp3) is 1.00. The Labute approximate surface area is 126 Å². The van der Waals surface area contributed by atoms with Gasteiger partial charge >= 0.3 is 0 Å². The number of hydrogen-bond acceptors (Lipinski definition) is 4. The topological polar surface area (TPSA) is 30.5 Å². The monoisotopic (exact) mass is 284 g/mol. The Morgan fingerprint density at radius 2 is 1.80 bits per heavy atom. The second kappa shape index (κ2) is 10.6. The number of fused-ring (bicyclic) bond motifs is 1. The highest BCUT2D eigenvalue weighted by molar-refractivity contribution is 4.82. The molecule has 2 atom stereocenters. The summed E-state index contributed by atoms with van der Waals surface area (Å²) in [6.07, 6.45) is 4.30. The average Bonchev–Trinajstić information content (AvgIpc) is 2.50. The van der Waals surface area contributed by atoms with E-state index in [1.165, 1.54) is 58.5 Å². The van der Waals surface area contributed by atoms with Crippen molar-refractivity contribution >= 4 is 0 Å². The van der Waals surface area contributed by atoms with Gasteiger partial charge in [0, 0.05) is 51.4 Å². The summed E-state index contributed by atoms with van der Waals surface area (Å²) in [6, 6.07) is 1.57. The lowest BCUT2D eigenvalue weighted by molar-refractivity contribution is 0.121. The average molecular weight is 284 g/mol. The van der Waals surface area contributed by atoms with Crippen LogP contribution in [-0.2, 0) is 0 Å². The highest BCUT2D eigenvalue weighted by atomic mass is 15.2. The smallest absolute Gasteiger partial charge is 0.0221 e. The molecule has 0 radical (unpaired) electrons. The third-order valence-corrected chi connectivity index (χ3v) is 4.28. The molecule has 0 aliphatic carbocycles. The summed E-state index contributed by atoms with van der Waals surface area (Å²) in [6.45, 7) is 14.8. The molecule has 4 nitrogen and oxygen atoms in total. The zero-order valence-electron chi connectivity index (χ0n) is 14.1. The third-order valence-electron chi connectivity index (χ3n) is 4.28. The molecule has 3 rings (SSSR count). The molecule has 0 aromatic rings. The van der Waals surface area contributed by atoms with Gasteiger partial charge in [0.15, 0.2) is 0 Å². The standard InChI is InChI=1S/C8H16N2.C6H14N2.C2H6/c1-2-5-10-6-4-9-7-8(10)3-1;1-6-5-8(2)4-3-7-6;1-2/h8-9H,1-7H2;6-7H,3-5H2,1-2H3;1-2H3. The molecule has 0 bridgehead atoms. The van der Waals surface area contributed by atoms with Crippen molar-refractivity contribution in [2.75, 3.05) is 52.9 Å². The molecule has 0 spiro atoms. The highest BCUT2D eigenvalue weighted by Gasteiger charge is 2.23. The summed E-state index contributed by atoms with van der Waals surface area (Å²) in [5.74, 6) is 0. The maximum absolute atomic E-state index is 3.44. The highest BCUT2D eigenvalue weighted by Crippen LogP contribution is 2.17. The van der Waals surface area contributed by atoms with Crippen LogP contribution in [0.2, 0.25) is 0 Å². The van der Waals surface area contributed by atoms with Crippen LogP contribution in [0.1, 0.15) is 40.0 Å².